The number of nitrogens with one attached hydrogen (secondary N) is 2. The predicted molar refractivity (Wildman–Crippen MR) is 67.0 cm³/mol. The topological polar surface area (TPSA) is 111 Å². The van der Waals surface area contributed by atoms with E-state index < -0.39 is 16.3 Å². The molecule has 2 atom stereocenters. The maximum absolute atomic E-state index is 11.7. The molecule has 4 N–H and O–H groups in total. The summed E-state index contributed by atoms with van der Waals surface area (Å²) in [5.74, 6) is 0. The molecule has 7 nitrogen and oxygen atoms in total. The highest BCUT2D eigenvalue weighted by Gasteiger charge is 2.27. The van der Waals surface area contributed by atoms with Crippen LogP contribution >= 0.6 is 0 Å². The van der Waals surface area contributed by atoms with Crippen LogP contribution in [0.2, 0.25) is 0 Å². The lowest BCUT2D eigenvalue weighted by Gasteiger charge is -2.28. The highest BCUT2D eigenvalue weighted by atomic mass is 32.2. The van der Waals surface area contributed by atoms with Gasteiger partial charge < -0.3 is 10.5 Å². The third kappa shape index (κ3) is 5.19. The largest absolute Gasteiger partial charge is 0.446 e. The van der Waals surface area contributed by atoms with Gasteiger partial charge in [-0.3, -0.25) is 0 Å². The average molecular weight is 279 g/mol. The van der Waals surface area contributed by atoms with Gasteiger partial charge in [0.2, 0.25) is 0 Å². The van der Waals surface area contributed by atoms with Crippen LogP contribution in [0.4, 0.5) is 4.79 Å². The lowest BCUT2D eigenvalue weighted by atomic mass is 9.92. The second-order valence-electron chi connectivity index (χ2n) is 4.73. The van der Waals surface area contributed by atoms with Gasteiger partial charge in [0, 0.05) is 12.1 Å². The number of hydrogen-bond acceptors (Lipinski definition) is 5. The Morgan fingerprint density at radius 1 is 1.33 bits per heavy atom. The smallest absolute Gasteiger partial charge is 0.422 e. The van der Waals surface area contributed by atoms with Crippen molar-refractivity contribution in [2.45, 2.75) is 57.7 Å². The Morgan fingerprint density at radius 3 is 2.50 bits per heavy atom. The first-order valence-electron chi connectivity index (χ1n) is 6.06. The molecule has 0 spiro atoms. The second kappa shape index (κ2) is 6.35. The molecule has 18 heavy (non-hydrogen) atoms. The molecule has 8 heteroatoms. The SMILES string of the molecule is CC(C)OC(=O)NS(=O)(=O)NC1CCCCC1N. The third-order valence-electron chi connectivity index (χ3n) is 2.69. The Balaban J connectivity index is 2.51. The van der Waals surface area contributed by atoms with Gasteiger partial charge in [-0.25, -0.2) is 9.52 Å². The quantitative estimate of drug-likeness (QED) is 0.682. The summed E-state index contributed by atoms with van der Waals surface area (Å²) >= 11 is 0. The van der Waals surface area contributed by atoms with Crippen molar-refractivity contribution in [2.24, 2.45) is 5.73 Å². The van der Waals surface area contributed by atoms with E-state index in [0.29, 0.717) is 6.42 Å². The minimum atomic E-state index is -3.91. The summed E-state index contributed by atoms with van der Waals surface area (Å²) in [6.45, 7) is 3.27. The van der Waals surface area contributed by atoms with Crippen molar-refractivity contribution < 1.29 is 17.9 Å². The van der Waals surface area contributed by atoms with Gasteiger partial charge in [-0.1, -0.05) is 12.8 Å². The van der Waals surface area contributed by atoms with Gasteiger partial charge >= 0.3 is 16.3 Å². The zero-order valence-corrected chi connectivity index (χ0v) is 11.5. The molecule has 0 saturated heterocycles. The van der Waals surface area contributed by atoms with Crippen LogP contribution in [0, 0.1) is 0 Å². The van der Waals surface area contributed by atoms with Crippen molar-refractivity contribution in [3.8, 4) is 0 Å². The van der Waals surface area contributed by atoms with Crippen LogP contribution in [0.5, 0.6) is 0 Å². The van der Waals surface area contributed by atoms with E-state index in [2.05, 4.69) is 4.72 Å². The van der Waals surface area contributed by atoms with Crippen molar-refractivity contribution in [1.29, 1.82) is 0 Å². The summed E-state index contributed by atoms with van der Waals surface area (Å²) in [6.07, 6.45) is 2.03. The second-order valence-corrected chi connectivity index (χ2v) is 6.18. The van der Waals surface area contributed by atoms with E-state index >= 15 is 0 Å². The molecular weight excluding hydrogens is 258 g/mol. The number of carbonyl (C=O) groups excluding carboxylic acids is 1. The van der Waals surface area contributed by atoms with Gasteiger partial charge in [0.15, 0.2) is 0 Å². The Kier molecular flexibility index (Phi) is 5.36. The highest BCUT2D eigenvalue weighted by molar-refractivity contribution is 7.88. The van der Waals surface area contributed by atoms with Gasteiger partial charge in [-0.15, -0.1) is 0 Å². The van der Waals surface area contributed by atoms with E-state index in [4.69, 9.17) is 10.5 Å². The number of ether oxygens (including phenoxy) is 1. The monoisotopic (exact) mass is 279 g/mol. The summed E-state index contributed by atoms with van der Waals surface area (Å²) in [5.41, 5.74) is 5.83. The van der Waals surface area contributed by atoms with Gasteiger partial charge in [-0.05, 0) is 26.7 Å². The number of nitrogens with two attached hydrogens (primary N) is 1. The molecule has 1 fully saturated rings. The van der Waals surface area contributed by atoms with Gasteiger partial charge in [0.05, 0.1) is 6.10 Å². The van der Waals surface area contributed by atoms with Crippen LogP contribution in [0.1, 0.15) is 39.5 Å². The predicted octanol–water partition coefficient (Wildman–Crippen LogP) is 0.225. The van der Waals surface area contributed by atoms with Crippen molar-refractivity contribution in [3.05, 3.63) is 0 Å². The molecule has 0 bridgehead atoms. The van der Waals surface area contributed by atoms with E-state index in [0.717, 1.165) is 19.3 Å². The normalized spacial score (nSPS) is 24.9. The first-order valence-corrected chi connectivity index (χ1v) is 7.55. The van der Waals surface area contributed by atoms with Crippen LogP contribution in [0.25, 0.3) is 0 Å². The van der Waals surface area contributed by atoms with Crippen LogP contribution < -0.4 is 15.2 Å². The van der Waals surface area contributed by atoms with Crippen molar-refractivity contribution in [3.63, 3.8) is 0 Å². The molecule has 0 aliphatic heterocycles. The molecule has 1 saturated carbocycles. The van der Waals surface area contributed by atoms with E-state index in [1.807, 2.05) is 0 Å². The maximum Gasteiger partial charge on any atom is 0.422 e. The molecule has 1 aliphatic carbocycles. The lowest BCUT2D eigenvalue weighted by Crippen LogP contribution is -2.53. The van der Waals surface area contributed by atoms with E-state index in [-0.39, 0.29) is 18.2 Å². The molecule has 0 radical (unpaired) electrons. The average Bonchev–Trinajstić information content (AvgIpc) is 2.18. The molecule has 2 unspecified atom stereocenters. The zero-order chi connectivity index (χ0) is 13.8. The fourth-order valence-corrected chi connectivity index (χ4v) is 2.90. The van der Waals surface area contributed by atoms with Crippen LogP contribution in [0.15, 0.2) is 0 Å². The number of carbonyl (C=O) groups is 1. The van der Waals surface area contributed by atoms with Gasteiger partial charge in [0.25, 0.3) is 0 Å². The first kappa shape index (κ1) is 15.2. The Labute approximate surface area is 108 Å². The van der Waals surface area contributed by atoms with E-state index in [1.165, 1.54) is 0 Å². The molecule has 0 aromatic carbocycles. The van der Waals surface area contributed by atoms with E-state index in [9.17, 15) is 13.2 Å². The highest BCUT2D eigenvalue weighted by Crippen LogP contribution is 2.17. The molecule has 106 valence electrons. The number of amides is 1. The van der Waals surface area contributed by atoms with Gasteiger partial charge in [0.1, 0.15) is 0 Å². The molecule has 1 aliphatic rings. The fraction of sp³-hybridized carbons (Fsp3) is 0.900. The van der Waals surface area contributed by atoms with Crippen molar-refractivity contribution >= 4 is 16.3 Å². The lowest BCUT2D eigenvalue weighted by molar-refractivity contribution is 0.121. The molecule has 0 heterocycles. The van der Waals surface area contributed by atoms with Gasteiger partial charge in [-0.2, -0.15) is 13.1 Å². The first-order chi connectivity index (χ1) is 8.30. The number of hydrogen-bond donors (Lipinski definition) is 3. The summed E-state index contributed by atoms with van der Waals surface area (Å²) < 4.78 is 32.2. The molecule has 1 rings (SSSR count). The fourth-order valence-electron chi connectivity index (χ4n) is 1.88. The third-order valence-corrected chi connectivity index (χ3v) is 3.73. The summed E-state index contributed by atoms with van der Waals surface area (Å²) in [6, 6.07) is -0.542. The van der Waals surface area contributed by atoms with Crippen LogP contribution in [0.3, 0.4) is 0 Å². The van der Waals surface area contributed by atoms with Crippen LogP contribution in [-0.4, -0.2) is 32.7 Å². The molecule has 0 aromatic heterocycles. The summed E-state index contributed by atoms with van der Waals surface area (Å²) in [7, 11) is -3.91. The zero-order valence-electron chi connectivity index (χ0n) is 10.7. The summed E-state index contributed by atoms with van der Waals surface area (Å²) in [5, 5.41) is 0. The van der Waals surface area contributed by atoms with Crippen molar-refractivity contribution in [2.75, 3.05) is 0 Å². The van der Waals surface area contributed by atoms with Crippen LogP contribution in [-0.2, 0) is 14.9 Å². The Bertz CT molecular complexity index is 383. The molecule has 1 amide bonds. The van der Waals surface area contributed by atoms with Crippen molar-refractivity contribution in [1.82, 2.24) is 9.44 Å². The standard InChI is InChI=1S/C10H21N3O4S/c1-7(2)17-10(14)13-18(15,16)12-9-6-4-3-5-8(9)11/h7-9,12H,3-6,11H2,1-2H3,(H,13,14). The molecular formula is C10H21N3O4S. The van der Waals surface area contributed by atoms with E-state index in [1.54, 1.807) is 18.6 Å². The minimum absolute atomic E-state index is 0.212. The minimum Gasteiger partial charge on any atom is -0.446 e. The maximum atomic E-state index is 11.7. The Morgan fingerprint density at radius 2 is 1.94 bits per heavy atom. The Hall–Kier alpha value is -0.860. The molecule has 0 aromatic rings. The summed E-state index contributed by atoms with van der Waals surface area (Å²) in [4.78, 5) is 11.2. The number of rotatable bonds is 4.